The van der Waals surface area contributed by atoms with Crippen LogP contribution in [0, 0.1) is 5.92 Å². The van der Waals surface area contributed by atoms with Gasteiger partial charge in [0, 0.05) is 13.1 Å². The van der Waals surface area contributed by atoms with E-state index in [1.807, 2.05) is 32.9 Å². The molecule has 0 aromatic carbocycles. The topological polar surface area (TPSA) is 51.4 Å². The Bertz CT molecular complexity index is 432. The van der Waals surface area contributed by atoms with Gasteiger partial charge in [0.2, 0.25) is 5.88 Å². The van der Waals surface area contributed by atoms with Crippen molar-refractivity contribution in [1.29, 1.82) is 0 Å². The summed E-state index contributed by atoms with van der Waals surface area (Å²) in [5, 5.41) is 0. The van der Waals surface area contributed by atoms with Crippen LogP contribution in [0.3, 0.4) is 0 Å². The number of hydrogen-bond acceptors (Lipinski definition) is 4. The fourth-order valence-corrected chi connectivity index (χ4v) is 2.23. The second-order valence-electron chi connectivity index (χ2n) is 6.45. The van der Waals surface area contributed by atoms with Crippen molar-refractivity contribution in [1.82, 2.24) is 4.98 Å². The minimum atomic E-state index is -0.282. The molecule has 4 heteroatoms. The molecule has 0 aliphatic carbocycles. The summed E-state index contributed by atoms with van der Waals surface area (Å²) in [6.45, 7) is 10.4. The van der Waals surface area contributed by atoms with Crippen molar-refractivity contribution in [3.05, 3.63) is 12.1 Å². The Morgan fingerprint density at radius 1 is 1.26 bits per heavy atom. The molecule has 1 aliphatic heterocycles. The highest BCUT2D eigenvalue weighted by molar-refractivity contribution is 5.54. The molecular formula is C15H25N3O. The summed E-state index contributed by atoms with van der Waals surface area (Å²) in [6.07, 6.45) is 2.45. The molecule has 106 valence electrons. The van der Waals surface area contributed by atoms with Gasteiger partial charge in [0.25, 0.3) is 0 Å². The normalized spacial score (nSPS) is 17.6. The summed E-state index contributed by atoms with van der Waals surface area (Å²) in [5.41, 5.74) is 6.26. The van der Waals surface area contributed by atoms with Crippen molar-refractivity contribution in [2.75, 3.05) is 23.7 Å². The van der Waals surface area contributed by atoms with Crippen LogP contribution in [0.5, 0.6) is 5.88 Å². The molecule has 0 atom stereocenters. The lowest BCUT2D eigenvalue weighted by molar-refractivity contribution is 0.125. The van der Waals surface area contributed by atoms with E-state index in [1.165, 1.54) is 12.8 Å². The summed E-state index contributed by atoms with van der Waals surface area (Å²) in [7, 11) is 0. The van der Waals surface area contributed by atoms with Gasteiger partial charge in [-0.05, 0) is 51.7 Å². The zero-order chi connectivity index (χ0) is 14.0. The number of pyridine rings is 1. The predicted octanol–water partition coefficient (Wildman–Crippen LogP) is 3.08. The van der Waals surface area contributed by atoms with Gasteiger partial charge in [0.15, 0.2) is 0 Å². The van der Waals surface area contributed by atoms with Crippen LogP contribution in [-0.4, -0.2) is 23.7 Å². The zero-order valence-corrected chi connectivity index (χ0v) is 12.4. The Morgan fingerprint density at radius 3 is 2.47 bits per heavy atom. The first-order valence-corrected chi connectivity index (χ1v) is 7.05. The molecule has 2 rings (SSSR count). The van der Waals surface area contributed by atoms with E-state index in [9.17, 15) is 0 Å². The van der Waals surface area contributed by atoms with E-state index in [-0.39, 0.29) is 5.60 Å². The number of anilines is 2. The molecule has 1 aliphatic rings. The molecule has 0 unspecified atom stereocenters. The van der Waals surface area contributed by atoms with Crippen LogP contribution in [0.25, 0.3) is 0 Å². The van der Waals surface area contributed by atoms with Crippen LogP contribution >= 0.6 is 0 Å². The maximum absolute atomic E-state index is 5.94. The van der Waals surface area contributed by atoms with Crippen LogP contribution < -0.4 is 15.4 Å². The van der Waals surface area contributed by atoms with Gasteiger partial charge in [-0.1, -0.05) is 6.92 Å². The number of rotatable bonds is 2. The maximum atomic E-state index is 5.94. The van der Waals surface area contributed by atoms with Crippen LogP contribution in [0.2, 0.25) is 0 Å². The Hall–Kier alpha value is -1.45. The molecule has 19 heavy (non-hydrogen) atoms. The Kier molecular flexibility index (Phi) is 3.88. The fraction of sp³-hybridized carbons (Fsp3) is 0.667. The predicted molar refractivity (Wildman–Crippen MR) is 79.6 cm³/mol. The van der Waals surface area contributed by atoms with Gasteiger partial charge in [-0.15, -0.1) is 0 Å². The van der Waals surface area contributed by atoms with Crippen LogP contribution in [0.15, 0.2) is 12.1 Å². The number of hydrogen-bond donors (Lipinski definition) is 1. The van der Waals surface area contributed by atoms with E-state index in [0.717, 1.165) is 24.8 Å². The highest BCUT2D eigenvalue weighted by Crippen LogP contribution is 2.28. The largest absolute Gasteiger partial charge is 0.470 e. The molecule has 0 saturated carbocycles. The third-order valence-corrected chi connectivity index (χ3v) is 3.39. The number of nitrogen functional groups attached to an aromatic ring is 1. The molecule has 2 heterocycles. The second-order valence-corrected chi connectivity index (χ2v) is 6.45. The second kappa shape index (κ2) is 5.27. The third kappa shape index (κ3) is 3.75. The Labute approximate surface area is 116 Å². The molecule has 1 aromatic rings. The highest BCUT2D eigenvalue weighted by Gasteiger charge is 2.20. The molecule has 1 aromatic heterocycles. The lowest BCUT2D eigenvalue weighted by Crippen LogP contribution is -2.33. The molecule has 2 N–H and O–H groups in total. The summed E-state index contributed by atoms with van der Waals surface area (Å²) in [4.78, 5) is 6.90. The van der Waals surface area contributed by atoms with Gasteiger partial charge >= 0.3 is 0 Å². The first-order chi connectivity index (χ1) is 8.85. The molecule has 0 bridgehead atoms. The Morgan fingerprint density at radius 2 is 1.89 bits per heavy atom. The molecule has 0 spiro atoms. The molecule has 0 amide bonds. The van der Waals surface area contributed by atoms with Crippen LogP contribution in [0.4, 0.5) is 11.5 Å². The van der Waals surface area contributed by atoms with Gasteiger partial charge in [-0.3, -0.25) is 0 Å². The number of piperidine rings is 1. The Balaban J connectivity index is 2.16. The minimum Gasteiger partial charge on any atom is -0.470 e. The first kappa shape index (κ1) is 14.0. The van der Waals surface area contributed by atoms with Crippen LogP contribution in [-0.2, 0) is 0 Å². The lowest BCUT2D eigenvalue weighted by atomic mass is 9.99. The molecule has 1 fully saturated rings. The lowest BCUT2D eigenvalue weighted by Gasteiger charge is -2.31. The van der Waals surface area contributed by atoms with Crippen molar-refractivity contribution < 1.29 is 4.74 Å². The minimum absolute atomic E-state index is 0.282. The van der Waals surface area contributed by atoms with Gasteiger partial charge in [-0.2, -0.15) is 4.98 Å². The average molecular weight is 263 g/mol. The first-order valence-electron chi connectivity index (χ1n) is 7.05. The maximum Gasteiger partial charge on any atom is 0.239 e. The van der Waals surface area contributed by atoms with Crippen molar-refractivity contribution in [2.45, 2.75) is 46.1 Å². The van der Waals surface area contributed by atoms with E-state index in [0.29, 0.717) is 11.6 Å². The smallest absolute Gasteiger partial charge is 0.239 e. The van der Waals surface area contributed by atoms with Gasteiger partial charge < -0.3 is 15.4 Å². The molecule has 4 nitrogen and oxygen atoms in total. The highest BCUT2D eigenvalue weighted by atomic mass is 16.5. The van der Waals surface area contributed by atoms with E-state index in [1.54, 1.807) is 0 Å². The van der Waals surface area contributed by atoms with Crippen molar-refractivity contribution in [2.24, 2.45) is 5.92 Å². The quantitative estimate of drug-likeness (QED) is 0.891. The summed E-state index contributed by atoms with van der Waals surface area (Å²) in [6, 6.07) is 3.88. The molecular weight excluding hydrogens is 238 g/mol. The van der Waals surface area contributed by atoms with Gasteiger partial charge in [-0.25, -0.2) is 0 Å². The average Bonchev–Trinajstić information content (AvgIpc) is 2.31. The van der Waals surface area contributed by atoms with Gasteiger partial charge in [0.05, 0.1) is 5.69 Å². The monoisotopic (exact) mass is 263 g/mol. The number of nitrogens with two attached hydrogens (primary N) is 1. The summed E-state index contributed by atoms with van der Waals surface area (Å²) in [5.74, 6) is 2.33. The van der Waals surface area contributed by atoms with E-state index < -0.39 is 0 Å². The molecule has 0 radical (unpaired) electrons. The van der Waals surface area contributed by atoms with Crippen molar-refractivity contribution in [3.8, 4) is 5.88 Å². The SMILES string of the molecule is CC1CCN(c2ccc(N)c(OC(C)(C)C)n2)CC1. The van der Waals surface area contributed by atoms with Crippen molar-refractivity contribution >= 4 is 11.5 Å². The van der Waals surface area contributed by atoms with Gasteiger partial charge in [0.1, 0.15) is 11.4 Å². The number of nitrogens with zero attached hydrogens (tertiary/aromatic N) is 2. The summed E-state index contributed by atoms with van der Waals surface area (Å²) >= 11 is 0. The zero-order valence-electron chi connectivity index (χ0n) is 12.4. The van der Waals surface area contributed by atoms with Crippen LogP contribution in [0.1, 0.15) is 40.5 Å². The van der Waals surface area contributed by atoms with E-state index in [2.05, 4.69) is 16.8 Å². The number of ether oxygens (including phenoxy) is 1. The molecule has 1 saturated heterocycles. The van der Waals surface area contributed by atoms with Crippen molar-refractivity contribution in [3.63, 3.8) is 0 Å². The standard InChI is InChI=1S/C15H25N3O/c1-11-7-9-18(10-8-11)13-6-5-12(16)14(17-13)19-15(2,3)4/h5-6,11H,7-10,16H2,1-4H3. The third-order valence-electron chi connectivity index (χ3n) is 3.39. The van der Waals surface area contributed by atoms with E-state index >= 15 is 0 Å². The van der Waals surface area contributed by atoms with E-state index in [4.69, 9.17) is 10.5 Å². The summed E-state index contributed by atoms with van der Waals surface area (Å²) < 4.78 is 5.82. The number of aromatic nitrogens is 1. The fourth-order valence-electron chi connectivity index (χ4n) is 2.23.